The molecule has 0 bridgehead atoms. The largest absolute Gasteiger partial charge is 0.478 e. The molecule has 1 heterocycles. The van der Waals surface area contributed by atoms with E-state index in [1.165, 1.54) is 22.5 Å². The van der Waals surface area contributed by atoms with Crippen molar-refractivity contribution >= 4 is 16.0 Å². The fourth-order valence-electron chi connectivity index (χ4n) is 2.46. The van der Waals surface area contributed by atoms with Gasteiger partial charge >= 0.3 is 5.97 Å². The minimum Gasteiger partial charge on any atom is -0.478 e. The first-order valence-corrected chi connectivity index (χ1v) is 8.28. The SMILES string of the molecule is Cc1cc(C(=O)O)cc(S(=O)(=O)N2CCCC(O)CC2)c1. The zero-order chi connectivity index (χ0) is 15.6. The minimum atomic E-state index is -3.73. The zero-order valence-corrected chi connectivity index (χ0v) is 12.6. The van der Waals surface area contributed by atoms with E-state index < -0.39 is 22.1 Å². The van der Waals surface area contributed by atoms with Gasteiger partial charge in [-0.1, -0.05) is 0 Å². The Bertz CT molecular complexity index is 641. The summed E-state index contributed by atoms with van der Waals surface area (Å²) in [5, 5.41) is 18.7. The molecular formula is C14H19NO5S. The molecule has 1 fully saturated rings. The molecule has 0 aliphatic carbocycles. The lowest BCUT2D eigenvalue weighted by Crippen LogP contribution is -2.32. The van der Waals surface area contributed by atoms with E-state index in [1.54, 1.807) is 6.92 Å². The lowest BCUT2D eigenvalue weighted by atomic mass is 10.1. The van der Waals surface area contributed by atoms with Crippen molar-refractivity contribution in [3.63, 3.8) is 0 Å². The number of benzene rings is 1. The molecule has 7 heteroatoms. The van der Waals surface area contributed by atoms with Crippen molar-refractivity contribution in [2.75, 3.05) is 13.1 Å². The first kappa shape index (κ1) is 15.9. The summed E-state index contributed by atoms with van der Waals surface area (Å²) in [7, 11) is -3.73. The van der Waals surface area contributed by atoms with Gasteiger partial charge in [-0.2, -0.15) is 4.31 Å². The summed E-state index contributed by atoms with van der Waals surface area (Å²) < 4.78 is 26.6. The van der Waals surface area contributed by atoms with Gasteiger partial charge in [0.05, 0.1) is 16.6 Å². The summed E-state index contributed by atoms with van der Waals surface area (Å²) in [5.74, 6) is -1.15. The van der Waals surface area contributed by atoms with Crippen LogP contribution in [0.5, 0.6) is 0 Å². The van der Waals surface area contributed by atoms with Gasteiger partial charge in [-0.15, -0.1) is 0 Å². The number of aliphatic hydroxyl groups excluding tert-OH is 1. The second-order valence-electron chi connectivity index (χ2n) is 5.33. The number of carbonyl (C=O) groups is 1. The van der Waals surface area contributed by atoms with E-state index in [0.29, 0.717) is 31.4 Å². The Morgan fingerprint density at radius 2 is 1.95 bits per heavy atom. The van der Waals surface area contributed by atoms with Gasteiger partial charge in [-0.3, -0.25) is 0 Å². The standard InChI is InChI=1S/C14H19NO5S/c1-10-7-11(14(17)18)9-13(8-10)21(19,20)15-5-2-3-12(16)4-6-15/h7-9,12,16H,2-6H2,1H3,(H,17,18). The molecule has 0 amide bonds. The highest BCUT2D eigenvalue weighted by atomic mass is 32.2. The van der Waals surface area contributed by atoms with Crippen LogP contribution in [0.15, 0.2) is 23.1 Å². The van der Waals surface area contributed by atoms with Crippen LogP contribution in [-0.2, 0) is 10.0 Å². The number of hydrogen-bond acceptors (Lipinski definition) is 4. The van der Waals surface area contributed by atoms with Crippen LogP contribution < -0.4 is 0 Å². The first-order valence-electron chi connectivity index (χ1n) is 6.84. The van der Waals surface area contributed by atoms with Crippen molar-refractivity contribution in [3.05, 3.63) is 29.3 Å². The van der Waals surface area contributed by atoms with Gasteiger partial charge in [0.1, 0.15) is 0 Å². The molecule has 6 nitrogen and oxygen atoms in total. The topological polar surface area (TPSA) is 94.9 Å². The first-order chi connectivity index (χ1) is 9.80. The van der Waals surface area contributed by atoms with E-state index in [-0.39, 0.29) is 17.0 Å². The van der Waals surface area contributed by atoms with Crippen LogP contribution in [0.25, 0.3) is 0 Å². The van der Waals surface area contributed by atoms with Crippen molar-refractivity contribution in [2.45, 2.75) is 37.2 Å². The molecule has 1 atom stereocenters. The third-order valence-corrected chi connectivity index (χ3v) is 5.47. The molecule has 1 aromatic rings. The van der Waals surface area contributed by atoms with Crippen LogP contribution in [0.1, 0.15) is 35.2 Å². The Labute approximate surface area is 124 Å². The van der Waals surface area contributed by atoms with Crippen LogP contribution in [0.3, 0.4) is 0 Å². The van der Waals surface area contributed by atoms with Crippen LogP contribution in [0, 0.1) is 6.92 Å². The van der Waals surface area contributed by atoms with Gasteiger partial charge in [0.15, 0.2) is 0 Å². The molecule has 1 unspecified atom stereocenters. The summed E-state index contributed by atoms with van der Waals surface area (Å²) >= 11 is 0. The summed E-state index contributed by atoms with van der Waals surface area (Å²) in [4.78, 5) is 11.1. The molecule has 116 valence electrons. The average molecular weight is 313 g/mol. The number of aryl methyl sites for hydroxylation is 1. The Hall–Kier alpha value is -1.44. The maximum absolute atomic E-state index is 12.6. The normalized spacial score (nSPS) is 21.0. The fraction of sp³-hybridized carbons (Fsp3) is 0.500. The number of nitrogens with zero attached hydrogens (tertiary/aromatic N) is 1. The van der Waals surface area contributed by atoms with Crippen molar-refractivity contribution in [3.8, 4) is 0 Å². The summed E-state index contributed by atoms with van der Waals surface area (Å²) in [6.07, 6.45) is 1.10. The van der Waals surface area contributed by atoms with Crippen LogP contribution >= 0.6 is 0 Å². The number of carboxylic acid groups (broad SMARTS) is 1. The highest BCUT2D eigenvalue weighted by molar-refractivity contribution is 7.89. The molecule has 0 saturated carbocycles. The molecule has 2 rings (SSSR count). The number of aromatic carboxylic acids is 1. The predicted octanol–water partition coefficient (Wildman–Crippen LogP) is 1.23. The molecule has 1 aromatic carbocycles. The minimum absolute atomic E-state index is 0.00344. The predicted molar refractivity (Wildman–Crippen MR) is 76.8 cm³/mol. The fourth-order valence-corrected chi connectivity index (χ4v) is 4.09. The third-order valence-electron chi connectivity index (χ3n) is 3.59. The van der Waals surface area contributed by atoms with E-state index in [4.69, 9.17) is 5.11 Å². The van der Waals surface area contributed by atoms with E-state index in [1.807, 2.05) is 0 Å². The van der Waals surface area contributed by atoms with Crippen LogP contribution in [0.4, 0.5) is 0 Å². The zero-order valence-electron chi connectivity index (χ0n) is 11.8. The maximum Gasteiger partial charge on any atom is 0.335 e. The van der Waals surface area contributed by atoms with E-state index in [2.05, 4.69) is 0 Å². The molecule has 1 aliphatic rings. The van der Waals surface area contributed by atoms with Gasteiger partial charge in [-0.25, -0.2) is 13.2 Å². The van der Waals surface area contributed by atoms with Gasteiger partial charge in [0.25, 0.3) is 0 Å². The van der Waals surface area contributed by atoms with Crippen molar-refractivity contribution < 1.29 is 23.4 Å². The summed E-state index contributed by atoms with van der Waals surface area (Å²) in [6.45, 7) is 2.26. The Kier molecular flexibility index (Phi) is 4.65. The van der Waals surface area contributed by atoms with Crippen molar-refractivity contribution in [2.24, 2.45) is 0 Å². The summed E-state index contributed by atoms with van der Waals surface area (Å²) in [5.41, 5.74) is 0.548. The number of aliphatic hydroxyl groups is 1. The van der Waals surface area contributed by atoms with E-state index in [0.717, 1.165) is 0 Å². The van der Waals surface area contributed by atoms with Gasteiger partial charge in [-0.05, 0) is 49.9 Å². The van der Waals surface area contributed by atoms with E-state index >= 15 is 0 Å². The van der Waals surface area contributed by atoms with E-state index in [9.17, 15) is 18.3 Å². The summed E-state index contributed by atoms with van der Waals surface area (Å²) in [6, 6.07) is 4.10. The second-order valence-corrected chi connectivity index (χ2v) is 7.27. The van der Waals surface area contributed by atoms with Crippen LogP contribution in [0.2, 0.25) is 0 Å². The van der Waals surface area contributed by atoms with Crippen molar-refractivity contribution in [1.82, 2.24) is 4.31 Å². The molecular weight excluding hydrogens is 294 g/mol. The Morgan fingerprint density at radius 3 is 2.62 bits per heavy atom. The molecule has 1 aliphatic heterocycles. The number of rotatable bonds is 3. The average Bonchev–Trinajstić information content (AvgIpc) is 2.63. The molecule has 0 aromatic heterocycles. The molecule has 0 radical (unpaired) electrons. The lowest BCUT2D eigenvalue weighted by Gasteiger charge is -2.20. The molecule has 21 heavy (non-hydrogen) atoms. The van der Waals surface area contributed by atoms with Gasteiger partial charge < -0.3 is 10.2 Å². The second kappa shape index (κ2) is 6.13. The van der Waals surface area contributed by atoms with Crippen LogP contribution in [-0.4, -0.2) is 48.1 Å². The maximum atomic E-state index is 12.6. The lowest BCUT2D eigenvalue weighted by molar-refractivity contribution is 0.0696. The smallest absolute Gasteiger partial charge is 0.335 e. The number of sulfonamides is 1. The molecule has 2 N–H and O–H groups in total. The Balaban J connectivity index is 2.37. The molecule has 0 spiro atoms. The third kappa shape index (κ3) is 3.61. The highest BCUT2D eigenvalue weighted by Gasteiger charge is 2.27. The molecule has 1 saturated heterocycles. The monoisotopic (exact) mass is 313 g/mol. The van der Waals surface area contributed by atoms with Crippen molar-refractivity contribution in [1.29, 1.82) is 0 Å². The van der Waals surface area contributed by atoms with Gasteiger partial charge in [0, 0.05) is 13.1 Å². The number of hydrogen-bond donors (Lipinski definition) is 2. The Morgan fingerprint density at radius 1 is 1.24 bits per heavy atom. The highest BCUT2D eigenvalue weighted by Crippen LogP contribution is 2.22. The quantitative estimate of drug-likeness (QED) is 0.875. The van der Waals surface area contributed by atoms with Gasteiger partial charge in [0.2, 0.25) is 10.0 Å². The number of carboxylic acids is 1.